The molecule has 0 aliphatic rings. The second-order valence-corrected chi connectivity index (χ2v) is 2.57. The highest BCUT2D eigenvalue weighted by atomic mass is 16.5. The fraction of sp³-hybridized carbons (Fsp3) is 0.417. The molecule has 1 rings (SSSR count). The lowest BCUT2D eigenvalue weighted by molar-refractivity contribution is 0.112. The Morgan fingerprint density at radius 1 is 0.875 bits per heavy atom. The zero-order valence-corrected chi connectivity index (χ0v) is 10.4. The molecule has 0 unspecified atom stereocenters. The molecule has 0 fully saturated rings. The van der Waals surface area contributed by atoms with E-state index in [-0.39, 0.29) is 0 Å². The molecule has 0 bridgehead atoms. The summed E-state index contributed by atoms with van der Waals surface area (Å²) in [4.78, 5) is 10.7. The number of benzene rings is 1. The van der Waals surface area contributed by atoms with Crippen LogP contribution in [0.1, 0.15) is 24.2 Å². The van der Waals surface area contributed by atoms with Crippen LogP contribution in [0.15, 0.2) is 12.1 Å². The molecule has 0 aliphatic carbocycles. The fourth-order valence-electron chi connectivity index (χ4n) is 1.14. The van der Waals surface area contributed by atoms with Crippen LogP contribution >= 0.6 is 0 Å². The van der Waals surface area contributed by atoms with Gasteiger partial charge < -0.3 is 14.2 Å². The largest absolute Gasteiger partial charge is 0.496 e. The molecule has 0 aromatic heterocycles. The van der Waals surface area contributed by atoms with Crippen molar-refractivity contribution in [3.05, 3.63) is 17.7 Å². The summed E-state index contributed by atoms with van der Waals surface area (Å²) in [5.74, 6) is 1.52. The Morgan fingerprint density at radius 3 is 1.69 bits per heavy atom. The van der Waals surface area contributed by atoms with Crippen LogP contribution < -0.4 is 14.2 Å². The van der Waals surface area contributed by atoms with E-state index in [0.717, 1.165) is 0 Å². The standard InChI is InChI=1S/C10H12O4.C2H6/c1-12-8-5-10(14-3)9(13-2)4-7(8)6-11;1-2/h4-6H,1-3H3;1-2H3. The van der Waals surface area contributed by atoms with Crippen LogP contribution in [0.25, 0.3) is 0 Å². The predicted molar refractivity (Wildman–Crippen MR) is 62.8 cm³/mol. The summed E-state index contributed by atoms with van der Waals surface area (Å²) in [5.41, 5.74) is 0.435. The molecule has 90 valence electrons. The topological polar surface area (TPSA) is 44.8 Å². The first-order chi connectivity index (χ1) is 7.76. The Balaban J connectivity index is 0.00000106. The number of carbonyl (C=O) groups is 1. The zero-order chi connectivity index (χ0) is 12.6. The number of ether oxygens (including phenoxy) is 3. The van der Waals surface area contributed by atoms with Gasteiger partial charge >= 0.3 is 0 Å². The number of carbonyl (C=O) groups excluding carboxylic acids is 1. The van der Waals surface area contributed by atoms with E-state index in [0.29, 0.717) is 29.1 Å². The average molecular weight is 226 g/mol. The maximum atomic E-state index is 10.7. The monoisotopic (exact) mass is 226 g/mol. The van der Waals surface area contributed by atoms with E-state index in [4.69, 9.17) is 14.2 Å². The molecule has 0 N–H and O–H groups in total. The number of methoxy groups -OCH3 is 3. The SMILES string of the molecule is CC.COc1cc(OC)c(OC)cc1C=O. The molecule has 1 aromatic carbocycles. The van der Waals surface area contributed by atoms with Crippen molar-refractivity contribution in [3.8, 4) is 17.2 Å². The molecule has 0 radical (unpaired) electrons. The second-order valence-electron chi connectivity index (χ2n) is 2.57. The number of rotatable bonds is 4. The van der Waals surface area contributed by atoms with Gasteiger partial charge in [-0.05, 0) is 6.07 Å². The molecule has 0 amide bonds. The first-order valence-electron chi connectivity index (χ1n) is 5.02. The Hall–Kier alpha value is -1.71. The van der Waals surface area contributed by atoms with Crippen molar-refractivity contribution in [3.63, 3.8) is 0 Å². The Labute approximate surface area is 96.1 Å². The van der Waals surface area contributed by atoms with Crippen molar-refractivity contribution in [2.45, 2.75) is 13.8 Å². The summed E-state index contributed by atoms with van der Waals surface area (Å²) in [6.07, 6.45) is 0.709. The van der Waals surface area contributed by atoms with E-state index in [2.05, 4.69) is 0 Å². The molecule has 4 nitrogen and oxygen atoms in total. The summed E-state index contributed by atoms with van der Waals surface area (Å²) in [7, 11) is 4.53. The third-order valence-electron chi connectivity index (χ3n) is 1.86. The van der Waals surface area contributed by atoms with Gasteiger partial charge in [-0.1, -0.05) is 13.8 Å². The van der Waals surface area contributed by atoms with Crippen LogP contribution in [0.5, 0.6) is 17.2 Å². The van der Waals surface area contributed by atoms with E-state index in [1.165, 1.54) is 21.3 Å². The molecule has 0 aliphatic heterocycles. The van der Waals surface area contributed by atoms with Gasteiger partial charge in [-0.3, -0.25) is 4.79 Å². The third kappa shape index (κ3) is 3.15. The third-order valence-corrected chi connectivity index (χ3v) is 1.86. The van der Waals surface area contributed by atoms with Gasteiger partial charge in [-0.15, -0.1) is 0 Å². The first-order valence-corrected chi connectivity index (χ1v) is 5.02. The molecule has 0 saturated heterocycles. The Bertz CT molecular complexity index is 334. The van der Waals surface area contributed by atoms with E-state index in [9.17, 15) is 4.79 Å². The van der Waals surface area contributed by atoms with Gasteiger partial charge in [0.15, 0.2) is 17.8 Å². The molecule has 1 aromatic rings. The molecular weight excluding hydrogens is 208 g/mol. The van der Waals surface area contributed by atoms with Crippen LogP contribution in [0.2, 0.25) is 0 Å². The normalized spacial score (nSPS) is 8.56. The smallest absolute Gasteiger partial charge is 0.164 e. The van der Waals surface area contributed by atoms with Crippen molar-refractivity contribution in [2.24, 2.45) is 0 Å². The maximum Gasteiger partial charge on any atom is 0.164 e. The van der Waals surface area contributed by atoms with Gasteiger partial charge in [0.1, 0.15) is 5.75 Å². The Morgan fingerprint density at radius 2 is 1.31 bits per heavy atom. The molecule has 0 spiro atoms. The summed E-state index contributed by atoms with van der Waals surface area (Å²) in [6, 6.07) is 3.19. The van der Waals surface area contributed by atoms with Crippen molar-refractivity contribution >= 4 is 6.29 Å². The highest BCUT2D eigenvalue weighted by molar-refractivity contribution is 5.81. The van der Waals surface area contributed by atoms with Gasteiger partial charge in [0.25, 0.3) is 0 Å². The highest BCUT2D eigenvalue weighted by Gasteiger charge is 2.10. The lowest BCUT2D eigenvalue weighted by atomic mass is 10.2. The van der Waals surface area contributed by atoms with Crippen LogP contribution in [0, 0.1) is 0 Å². The summed E-state index contributed by atoms with van der Waals surface area (Å²) < 4.78 is 15.1. The van der Waals surface area contributed by atoms with Crippen molar-refractivity contribution in [1.82, 2.24) is 0 Å². The lowest BCUT2D eigenvalue weighted by Crippen LogP contribution is -1.96. The average Bonchev–Trinajstić information content (AvgIpc) is 2.39. The molecule has 0 heterocycles. The summed E-state index contributed by atoms with van der Waals surface area (Å²) in [6.45, 7) is 4.00. The minimum absolute atomic E-state index is 0.435. The summed E-state index contributed by atoms with van der Waals surface area (Å²) >= 11 is 0. The van der Waals surface area contributed by atoms with Crippen LogP contribution in [0.3, 0.4) is 0 Å². The molecule has 16 heavy (non-hydrogen) atoms. The van der Waals surface area contributed by atoms with Crippen molar-refractivity contribution < 1.29 is 19.0 Å². The van der Waals surface area contributed by atoms with Crippen LogP contribution in [-0.4, -0.2) is 27.6 Å². The van der Waals surface area contributed by atoms with Crippen LogP contribution in [-0.2, 0) is 0 Å². The van der Waals surface area contributed by atoms with E-state index in [1.807, 2.05) is 13.8 Å². The van der Waals surface area contributed by atoms with E-state index in [1.54, 1.807) is 12.1 Å². The highest BCUT2D eigenvalue weighted by Crippen LogP contribution is 2.33. The molecule has 4 heteroatoms. The van der Waals surface area contributed by atoms with Gasteiger partial charge in [0.05, 0.1) is 26.9 Å². The Kier molecular flexibility index (Phi) is 6.76. The van der Waals surface area contributed by atoms with Gasteiger partial charge in [-0.2, -0.15) is 0 Å². The lowest BCUT2D eigenvalue weighted by Gasteiger charge is -2.10. The number of aldehydes is 1. The maximum absolute atomic E-state index is 10.7. The zero-order valence-electron chi connectivity index (χ0n) is 10.4. The fourth-order valence-corrected chi connectivity index (χ4v) is 1.14. The predicted octanol–water partition coefficient (Wildman–Crippen LogP) is 2.55. The van der Waals surface area contributed by atoms with Gasteiger partial charge in [0.2, 0.25) is 0 Å². The summed E-state index contributed by atoms with van der Waals surface area (Å²) in [5, 5.41) is 0. The minimum Gasteiger partial charge on any atom is -0.496 e. The second kappa shape index (κ2) is 7.56. The van der Waals surface area contributed by atoms with Gasteiger partial charge in [-0.25, -0.2) is 0 Å². The van der Waals surface area contributed by atoms with Crippen molar-refractivity contribution in [1.29, 1.82) is 0 Å². The first kappa shape index (κ1) is 14.3. The van der Waals surface area contributed by atoms with Gasteiger partial charge in [0, 0.05) is 6.07 Å². The van der Waals surface area contributed by atoms with Crippen LogP contribution in [0.4, 0.5) is 0 Å². The van der Waals surface area contributed by atoms with Crippen molar-refractivity contribution in [2.75, 3.05) is 21.3 Å². The molecule has 0 saturated carbocycles. The quantitative estimate of drug-likeness (QED) is 0.740. The molecule has 0 atom stereocenters. The number of hydrogen-bond acceptors (Lipinski definition) is 4. The molecular formula is C12H18O4. The van der Waals surface area contributed by atoms with E-state index < -0.39 is 0 Å². The minimum atomic E-state index is 0.435. The van der Waals surface area contributed by atoms with E-state index >= 15 is 0 Å². The number of hydrogen-bond donors (Lipinski definition) is 0.